The Hall–Kier alpha value is -0.260. The third-order valence-electron chi connectivity index (χ3n) is 0.816. The lowest BCUT2D eigenvalue weighted by Crippen LogP contribution is -1.77. The molecule has 0 aliphatic heterocycles. The van der Waals surface area contributed by atoms with Crippen molar-refractivity contribution in [2.75, 3.05) is 0 Å². The topological polar surface area (TPSA) is 0 Å². The SMILES string of the molecule is C.C=C.CC.CC.CC(C)C.CCC(C)C. The van der Waals surface area contributed by atoms with E-state index in [1.165, 1.54) is 6.42 Å². The Morgan fingerprint density at radius 3 is 0.812 bits per heavy atom. The summed E-state index contributed by atoms with van der Waals surface area (Å²) in [6, 6.07) is 0. The Balaban J connectivity index is -0.0000000207. The summed E-state index contributed by atoms with van der Waals surface area (Å²) in [4.78, 5) is 0. The fourth-order valence-electron chi connectivity index (χ4n) is 0. The van der Waals surface area contributed by atoms with Crippen molar-refractivity contribution in [1.82, 2.24) is 0 Å². The van der Waals surface area contributed by atoms with Gasteiger partial charge in [0.2, 0.25) is 0 Å². The van der Waals surface area contributed by atoms with Crippen LogP contribution in [0.25, 0.3) is 0 Å². The number of rotatable bonds is 1. The van der Waals surface area contributed by atoms with Crippen LogP contribution in [0.4, 0.5) is 0 Å². The normalized spacial score (nSPS) is 6.25. The third kappa shape index (κ3) is 737. The molecule has 0 amide bonds. The highest BCUT2D eigenvalue weighted by atomic mass is 13.9. The Kier molecular flexibility index (Phi) is 138. The van der Waals surface area contributed by atoms with Crippen LogP contribution in [0, 0.1) is 11.8 Å². The first-order valence-electron chi connectivity index (χ1n) is 6.50. The molecule has 0 radical (unpaired) electrons. The van der Waals surface area contributed by atoms with Crippen molar-refractivity contribution in [1.29, 1.82) is 0 Å². The quantitative estimate of drug-likeness (QED) is 0.421. The highest BCUT2D eigenvalue weighted by Crippen LogP contribution is 1.93. The number of hydrogen-bond donors (Lipinski definition) is 0. The second-order valence-corrected chi connectivity index (χ2v) is 3.53. The summed E-state index contributed by atoms with van der Waals surface area (Å²) in [6.45, 7) is 27.1. The van der Waals surface area contributed by atoms with Crippen molar-refractivity contribution in [3.63, 3.8) is 0 Å². The van der Waals surface area contributed by atoms with Gasteiger partial charge in [-0.2, -0.15) is 0 Å². The first-order chi connectivity index (χ1) is 7.00. The molecule has 0 aliphatic carbocycles. The van der Waals surface area contributed by atoms with Crippen LogP contribution in [0.3, 0.4) is 0 Å². The highest BCUT2D eigenvalue weighted by Gasteiger charge is 1.80. The van der Waals surface area contributed by atoms with Gasteiger partial charge in [0.15, 0.2) is 0 Å². The number of hydrogen-bond acceptors (Lipinski definition) is 0. The van der Waals surface area contributed by atoms with Crippen molar-refractivity contribution in [3.05, 3.63) is 13.2 Å². The minimum atomic E-state index is 0. The van der Waals surface area contributed by atoms with Crippen molar-refractivity contribution >= 4 is 0 Å². The van der Waals surface area contributed by atoms with Crippen LogP contribution in [0.2, 0.25) is 0 Å². The molecule has 0 spiro atoms. The predicted molar refractivity (Wildman–Crippen MR) is 86.3 cm³/mol. The van der Waals surface area contributed by atoms with Gasteiger partial charge in [-0.05, 0) is 11.8 Å². The molecule has 0 unspecified atom stereocenters. The van der Waals surface area contributed by atoms with Crippen LogP contribution in [-0.2, 0) is 0 Å². The van der Waals surface area contributed by atoms with Crippen LogP contribution >= 0.6 is 0 Å². The van der Waals surface area contributed by atoms with E-state index in [4.69, 9.17) is 0 Å². The summed E-state index contributed by atoms with van der Waals surface area (Å²) in [5.74, 6) is 1.72. The Labute approximate surface area is 109 Å². The van der Waals surface area contributed by atoms with E-state index in [1.54, 1.807) is 0 Å². The Morgan fingerprint density at radius 1 is 0.750 bits per heavy atom. The zero-order chi connectivity index (χ0) is 13.9. The molecule has 0 N–H and O–H groups in total. The molecular weight excluding hydrogens is 192 g/mol. The third-order valence-corrected chi connectivity index (χ3v) is 0.816. The summed E-state index contributed by atoms with van der Waals surface area (Å²) < 4.78 is 0. The van der Waals surface area contributed by atoms with Gasteiger partial charge in [-0.3, -0.25) is 0 Å². The van der Waals surface area contributed by atoms with Gasteiger partial charge >= 0.3 is 0 Å². The molecule has 0 heteroatoms. The van der Waals surface area contributed by atoms with Crippen molar-refractivity contribution in [2.24, 2.45) is 11.8 Å². The van der Waals surface area contributed by atoms with Gasteiger partial charge in [0, 0.05) is 0 Å². The average Bonchev–Trinajstić information content (AvgIpc) is 2.26. The predicted octanol–water partition coefficient (Wildman–Crippen LogP) is 7.21. The minimum absolute atomic E-state index is 0. The van der Waals surface area contributed by atoms with Crippen molar-refractivity contribution < 1.29 is 0 Å². The maximum absolute atomic E-state index is 3.00. The first-order valence-corrected chi connectivity index (χ1v) is 6.50. The Morgan fingerprint density at radius 2 is 0.812 bits per heavy atom. The molecule has 0 aromatic carbocycles. The second-order valence-electron chi connectivity index (χ2n) is 3.53. The molecule has 0 saturated heterocycles. The largest absolute Gasteiger partial charge is 0.106 e. The summed E-state index contributed by atoms with van der Waals surface area (Å²) in [5, 5.41) is 0. The molecule has 0 saturated carbocycles. The maximum atomic E-state index is 3.00. The molecule has 0 rings (SSSR count). The molecule has 0 atom stereocenters. The van der Waals surface area contributed by atoms with Crippen LogP contribution < -0.4 is 0 Å². The second kappa shape index (κ2) is 61.3. The van der Waals surface area contributed by atoms with E-state index in [1.807, 2.05) is 27.7 Å². The molecule has 16 heavy (non-hydrogen) atoms. The summed E-state index contributed by atoms with van der Waals surface area (Å²) in [7, 11) is 0. The molecule has 0 aliphatic rings. The van der Waals surface area contributed by atoms with Gasteiger partial charge < -0.3 is 0 Å². The summed E-state index contributed by atoms with van der Waals surface area (Å²) in [5.41, 5.74) is 0. The van der Waals surface area contributed by atoms with Crippen LogP contribution in [0.15, 0.2) is 13.2 Å². The minimum Gasteiger partial charge on any atom is -0.106 e. The van der Waals surface area contributed by atoms with E-state index in [0.717, 1.165) is 11.8 Å². The fourth-order valence-corrected chi connectivity index (χ4v) is 0. The van der Waals surface area contributed by atoms with Gasteiger partial charge in [-0.25, -0.2) is 0 Å². The highest BCUT2D eigenvalue weighted by molar-refractivity contribution is 4.32. The maximum Gasteiger partial charge on any atom is -0.0474 e. The zero-order valence-corrected chi connectivity index (χ0v) is 13.3. The zero-order valence-electron chi connectivity index (χ0n) is 13.3. The summed E-state index contributed by atoms with van der Waals surface area (Å²) in [6.07, 6.45) is 1.31. The smallest absolute Gasteiger partial charge is 0.0474 e. The molecule has 0 heterocycles. The van der Waals surface area contributed by atoms with Gasteiger partial charge in [-0.15, -0.1) is 13.2 Å². The average molecular weight is 235 g/mol. The van der Waals surface area contributed by atoms with Crippen molar-refractivity contribution in [2.45, 2.75) is 83.1 Å². The van der Waals surface area contributed by atoms with E-state index in [0.29, 0.717) is 0 Å². The lowest BCUT2D eigenvalue weighted by atomic mass is 10.2. The van der Waals surface area contributed by atoms with Gasteiger partial charge in [0.25, 0.3) is 0 Å². The van der Waals surface area contributed by atoms with Gasteiger partial charge in [0.1, 0.15) is 0 Å². The molecule has 0 aromatic heterocycles. The van der Waals surface area contributed by atoms with E-state index in [-0.39, 0.29) is 7.43 Å². The van der Waals surface area contributed by atoms with Crippen LogP contribution in [-0.4, -0.2) is 0 Å². The molecule has 106 valence electrons. The first kappa shape index (κ1) is 36.0. The molecule has 0 bridgehead atoms. The molecule has 0 aromatic rings. The van der Waals surface area contributed by atoms with E-state index in [2.05, 4.69) is 54.7 Å². The summed E-state index contributed by atoms with van der Waals surface area (Å²) >= 11 is 0. The molecule has 0 nitrogen and oxygen atoms in total. The van der Waals surface area contributed by atoms with Crippen molar-refractivity contribution in [3.8, 4) is 0 Å². The van der Waals surface area contributed by atoms with Gasteiger partial charge in [0.05, 0.1) is 0 Å². The Bertz CT molecular complexity index is 41.2. The van der Waals surface area contributed by atoms with Crippen LogP contribution in [0.5, 0.6) is 0 Å². The lowest BCUT2D eigenvalue weighted by molar-refractivity contribution is 0.626. The van der Waals surface area contributed by atoms with Gasteiger partial charge in [-0.1, -0.05) is 83.1 Å². The van der Waals surface area contributed by atoms with E-state index < -0.39 is 0 Å². The standard InChI is InChI=1S/C5H12.C4H10.2C2H6.C2H4.CH4/c1-4-5(2)3;1-4(2)3;3*1-2;/h5H,4H2,1-3H3;4H,1-3H3;2*1-2H3;1-2H2;1H4. The molecule has 0 fully saturated rings. The monoisotopic (exact) mass is 234 g/mol. The van der Waals surface area contributed by atoms with Crippen LogP contribution in [0.1, 0.15) is 83.1 Å². The van der Waals surface area contributed by atoms with E-state index >= 15 is 0 Å². The lowest BCUT2D eigenvalue weighted by Gasteiger charge is -1.90. The van der Waals surface area contributed by atoms with E-state index in [9.17, 15) is 0 Å². The fraction of sp³-hybridized carbons (Fsp3) is 0.875. The molecular formula is C16H42.